The fourth-order valence-electron chi connectivity index (χ4n) is 3.88. The van der Waals surface area contributed by atoms with Gasteiger partial charge in [0.15, 0.2) is 0 Å². The van der Waals surface area contributed by atoms with Crippen molar-refractivity contribution in [1.82, 2.24) is 15.2 Å². The number of pyridine rings is 1. The van der Waals surface area contributed by atoms with Gasteiger partial charge < -0.3 is 15.2 Å². The zero-order valence-corrected chi connectivity index (χ0v) is 21.0. The van der Waals surface area contributed by atoms with Crippen LogP contribution >= 0.6 is 23.2 Å². The fourth-order valence-corrected chi connectivity index (χ4v) is 4.38. The molecule has 2 N–H and O–H groups in total. The SMILES string of the molecule is CCC(C(=O)O)C(=O)Nc1cccc(-c2nnc(Cc3c(Cl)cncc3Cl)c3ccc(OC)cc23)c1. The lowest BCUT2D eigenvalue weighted by molar-refractivity contribution is -0.145. The maximum atomic E-state index is 12.4. The Morgan fingerprint density at radius 1 is 1.06 bits per heavy atom. The molecule has 0 radical (unpaired) electrons. The highest BCUT2D eigenvalue weighted by Crippen LogP contribution is 2.34. The molecular formula is C26H22Cl2N4O4. The topological polar surface area (TPSA) is 114 Å². The maximum Gasteiger partial charge on any atom is 0.316 e. The Bertz CT molecular complexity index is 1440. The van der Waals surface area contributed by atoms with Crippen molar-refractivity contribution in [2.24, 2.45) is 5.92 Å². The number of halogens is 2. The molecule has 0 bridgehead atoms. The number of aliphatic carboxylic acids is 1. The lowest BCUT2D eigenvalue weighted by Gasteiger charge is -2.14. The third-order valence-electron chi connectivity index (χ3n) is 5.79. The Labute approximate surface area is 217 Å². The zero-order chi connectivity index (χ0) is 25.8. The van der Waals surface area contributed by atoms with Crippen molar-refractivity contribution in [3.63, 3.8) is 0 Å². The van der Waals surface area contributed by atoms with Crippen LogP contribution in [-0.2, 0) is 16.0 Å². The largest absolute Gasteiger partial charge is 0.497 e. The molecule has 0 saturated carbocycles. The van der Waals surface area contributed by atoms with Gasteiger partial charge in [-0.05, 0) is 42.3 Å². The molecule has 1 unspecified atom stereocenters. The third-order valence-corrected chi connectivity index (χ3v) is 6.44. The highest BCUT2D eigenvalue weighted by Gasteiger charge is 2.24. The summed E-state index contributed by atoms with van der Waals surface area (Å²) in [5, 5.41) is 23.4. The second-order valence-electron chi connectivity index (χ2n) is 8.03. The van der Waals surface area contributed by atoms with Gasteiger partial charge in [0.1, 0.15) is 17.4 Å². The Kier molecular flexibility index (Phi) is 7.67. The highest BCUT2D eigenvalue weighted by molar-refractivity contribution is 6.35. The van der Waals surface area contributed by atoms with Gasteiger partial charge in [0.05, 0.1) is 22.8 Å². The number of aromatic nitrogens is 3. The maximum absolute atomic E-state index is 12.4. The smallest absolute Gasteiger partial charge is 0.316 e. The molecule has 184 valence electrons. The molecule has 2 aromatic heterocycles. The second-order valence-corrected chi connectivity index (χ2v) is 8.85. The van der Waals surface area contributed by atoms with Gasteiger partial charge in [-0.25, -0.2) is 0 Å². The quantitative estimate of drug-likeness (QED) is 0.286. The normalized spacial score (nSPS) is 11.8. The molecule has 2 aromatic carbocycles. The molecule has 36 heavy (non-hydrogen) atoms. The molecule has 0 aliphatic heterocycles. The van der Waals surface area contributed by atoms with Gasteiger partial charge in [-0.3, -0.25) is 14.6 Å². The summed E-state index contributed by atoms with van der Waals surface area (Å²) in [7, 11) is 1.58. The molecule has 1 atom stereocenters. The Hall–Kier alpha value is -3.75. The van der Waals surface area contributed by atoms with Crippen molar-refractivity contribution in [3.8, 4) is 17.0 Å². The summed E-state index contributed by atoms with van der Waals surface area (Å²) in [4.78, 5) is 27.8. The zero-order valence-electron chi connectivity index (χ0n) is 19.5. The molecule has 0 saturated heterocycles. The van der Waals surface area contributed by atoms with Crippen LogP contribution < -0.4 is 10.1 Å². The molecule has 8 nitrogen and oxygen atoms in total. The predicted molar refractivity (Wildman–Crippen MR) is 139 cm³/mol. The minimum atomic E-state index is -1.17. The van der Waals surface area contributed by atoms with Crippen LogP contribution in [0, 0.1) is 5.92 Å². The predicted octanol–water partition coefficient (Wildman–Crippen LogP) is 5.65. The second kappa shape index (κ2) is 10.9. The van der Waals surface area contributed by atoms with E-state index in [1.807, 2.05) is 24.3 Å². The van der Waals surface area contributed by atoms with E-state index in [1.165, 1.54) is 12.4 Å². The number of rotatable bonds is 8. The summed E-state index contributed by atoms with van der Waals surface area (Å²) in [5.41, 5.74) is 3.08. The number of carbonyl (C=O) groups is 2. The van der Waals surface area contributed by atoms with Crippen molar-refractivity contribution < 1.29 is 19.4 Å². The van der Waals surface area contributed by atoms with E-state index in [0.717, 1.165) is 10.8 Å². The number of carbonyl (C=O) groups excluding carboxylic acids is 1. The number of carboxylic acid groups (broad SMARTS) is 1. The lowest BCUT2D eigenvalue weighted by Crippen LogP contribution is -2.28. The number of benzene rings is 2. The standard InChI is InChI=1S/C26H22Cl2N4O4/c1-3-17(26(34)35)25(33)30-15-6-4-5-14(9-15)24-19-10-16(36-2)7-8-18(19)23(31-32-24)11-20-21(27)12-29-13-22(20)28/h4-10,12-13,17H,3,11H2,1-2H3,(H,30,33)(H,34,35). The third kappa shape index (κ3) is 5.24. The summed E-state index contributed by atoms with van der Waals surface area (Å²) >= 11 is 12.7. The average Bonchev–Trinajstić information content (AvgIpc) is 2.86. The first kappa shape index (κ1) is 25.3. The van der Waals surface area contributed by atoms with E-state index in [4.69, 9.17) is 27.9 Å². The molecule has 4 rings (SSSR count). The Morgan fingerprint density at radius 3 is 2.47 bits per heavy atom. The van der Waals surface area contributed by atoms with Gasteiger partial charge in [0, 0.05) is 40.8 Å². The van der Waals surface area contributed by atoms with Gasteiger partial charge in [-0.1, -0.05) is 42.3 Å². The number of carboxylic acids is 1. The first-order valence-electron chi connectivity index (χ1n) is 11.1. The van der Waals surface area contributed by atoms with E-state index in [-0.39, 0.29) is 6.42 Å². The highest BCUT2D eigenvalue weighted by atomic mass is 35.5. The summed E-state index contributed by atoms with van der Waals surface area (Å²) < 4.78 is 5.44. The number of amides is 1. The summed E-state index contributed by atoms with van der Waals surface area (Å²) in [6.07, 6.45) is 3.59. The number of ether oxygens (including phenoxy) is 1. The number of methoxy groups -OCH3 is 1. The van der Waals surface area contributed by atoms with Crippen molar-refractivity contribution in [2.75, 3.05) is 12.4 Å². The number of nitrogens with zero attached hydrogens (tertiary/aromatic N) is 3. The van der Waals surface area contributed by atoms with E-state index < -0.39 is 17.8 Å². The summed E-state index contributed by atoms with van der Waals surface area (Å²) in [6.45, 7) is 1.65. The van der Waals surface area contributed by atoms with Gasteiger partial charge in [-0.15, -0.1) is 5.10 Å². The van der Waals surface area contributed by atoms with Crippen molar-refractivity contribution >= 4 is 51.5 Å². The van der Waals surface area contributed by atoms with E-state index in [2.05, 4.69) is 20.5 Å². The van der Waals surface area contributed by atoms with Crippen LogP contribution in [0.2, 0.25) is 10.0 Å². The number of hydrogen-bond donors (Lipinski definition) is 2. The minimum absolute atomic E-state index is 0.184. The van der Waals surface area contributed by atoms with Crippen molar-refractivity contribution in [3.05, 3.63) is 76.2 Å². The van der Waals surface area contributed by atoms with E-state index in [0.29, 0.717) is 50.4 Å². The van der Waals surface area contributed by atoms with Crippen LogP contribution in [-0.4, -0.2) is 39.3 Å². The van der Waals surface area contributed by atoms with Crippen LogP contribution in [0.4, 0.5) is 5.69 Å². The molecular weight excluding hydrogens is 503 g/mol. The molecule has 10 heteroatoms. The van der Waals surface area contributed by atoms with Crippen molar-refractivity contribution in [1.29, 1.82) is 0 Å². The average molecular weight is 525 g/mol. The van der Waals surface area contributed by atoms with E-state index >= 15 is 0 Å². The molecule has 2 heterocycles. The molecule has 4 aromatic rings. The molecule has 0 fully saturated rings. The fraction of sp³-hybridized carbons (Fsp3) is 0.192. The molecule has 1 amide bonds. The van der Waals surface area contributed by atoms with Gasteiger partial charge in [0.25, 0.3) is 0 Å². The number of anilines is 1. The van der Waals surface area contributed by atoms with E-state index in [9.17, 15) is 14.7 Å². The van der Waals surface area contributed by atoms with Crippen LogP contribution in [0.25, 0.3) is 22.0 Å². The molecule has 0 aliphatic rings. The first-order chi connectivity index (χ1) is 17.3. The first-order valence-corrected chi connectivity index (χ1v) is 11.8. The minimum Gasteiger partial charge on any atom is -0.497 e. The summed E-state index contributed by atoms with van der Waals surface area (Å²) in [5.74, 6) is -2.25. The van der Waals surface area contributed by atoms with E-state index in [1.54, 1.807) is 32.2 Å². The monoisotopic (exact) mass is 524 g/mol. The molecule has 0 aliphatic carbocycles. The van der Waals surface area contributed by atoms with Crippen LogP contribution in [0.5, 0.6) is 5.75 Å². The number of nitrogens with one attached hydrogen (secondary N) is 1. The van der Waals surface area contributed by atoms with Gasteiger partial charge in [0.2, 0.25) is 5.91 Å². The van der Waals surface area contributed by atoms with Gasteiger partial charge in [-0.2, -0.15) is 5.10 Å². The summed E-state index contributed by atoms with van der Waals surface area (Å²) in [6, 6.07) is 12.6. The Morgan fingerprint density at radius 2 is 1.81 bits per heavy atom. The van der Waals surface area contributed by atoms with Crippen LogP contribution in [0.15, 0.2) is 54.9 Å². The van der Waals surface area contributed by atoms with Crippen LogP contribution in [0.3, 0.4) is 0 Å². The van der Waals surface area contributed by atoms with Crippen molar-refractivity contribution in [2.45, 2.75) is 19.8 Å². The van der Waals surface area contributed by atoms with Gasteiger partial charge >= 0.3 is 5.97 Å². The molecule has 0 spiro atoms. The number of fused-ring (bicyclic) bond motifs is 1. The lowest BCUT2D eigenvalue weighted by atomic mass is 10.00. The number of hydrogen-bond acceptors (Lipinski definition) is 6. The van der Waals surface area contributed by atoms with Crippen LogP contribution in [0.1, 0.15) is 24.6 Å². The Balaban J connectivity index is 1.77.